The molecule has 1 aliphatic heterocycles. The molecule has 2 rings (SSSR count). The highest BCUT2D eigenvalue weighted by molar-refractivity contribution is 6.31. The molecule has 1 unspecified atom stereocenters. The van der Waals surface area contributed by atoms with Gasteiger partial charge in [0.2, 0.25) is 0 Å². The standard InChI is InChI=1S/C13H18ClN3/c1-8(2)17-12(7-16-13(17)15)10-5-4-9(3)11(14)6-10/h4-6,8,12H,7H2,1-3H3,(H2,15,16). The van der Waals surface area contributed by atoms with Crippen molar-refractivity contribution >= 4 is 17.6 Å². The molecule has 1 aromatic rings. The van der Waals surface area contributed by atoms with Crippen molar-refractivity contribution in [3.63, 3.8) is 0 Å². The maximum atomic E-state index is 6.17. The third-order valence-electron chi connectivity index (χ3n) is 3.16. The Morgan fingerprint density at radius 3 is 2.76 bits per heavy atom. The van der Waals surface area contributed by atoms with Crippen molar-refractivity contribution in [1.29, 1.82) is 0 Å². The second kappa shape index (κ2) is 4.57. The van der Waals surface area contributed by atoms with Crippen LogP contribution in [0.2, 0.25) is 5.02 Å². The highest BCUT2D eigenvalue weighted by atomic mass is 35.5. The van der Waals surface area contributed by atoms with E-state index in [0.29, 0.717) is 18.5 Å². The van der Waals surface area contributed by atoms with Crippen LogP contribution in [0.1, 0.15) is 31.0 Å². The molecule has 2 N–H and O–H groups in total. The molecule has 0 radical (unpaired) electrons. The van der Waals surface area contributed by atoms with E-state index in [1.54, 1.807) is 0 Å². The Morgan fingerprint density at radius 2 is 2.18 bits per heavy atom. The SMILES string of the molecule is Cc1ccc(C2CN=C(N)N2C(C)C)cc1Cl. The molecule has 1 atom stereocenters. The molecule has 0 aliphatic carbocycles. The molecule has 0 fully saturated rings. The van der Waals surface area contributed by atoms with Crippen LogP contribution in [0.4, 0.5) is 0 Å². The van der Waals surface area contributed by atoms with Gasteiger partial charge in [0, 0.05) is 11.1 Å². The molecule has 1 heterocycles. The van der Waals surface area contributed by atoms with Gasteiger partial charge in [0.25, 0.3) is 0 Å². The van der Waals surface area contributed by atoms with Gasteiger partial charge in [-0.2, -0.15) is 0 Å². The highest BCUT2D eigenvalue weighted by Crippen LogP contribution is 2.30. The van der Waals surface area contributed by atoms with Crippen LogP contribution < -0.4 is 5.73 Å². The quantitative estimate of drug-likeness (QED) is 0.878. The molecule has 0 spiro atoms. The van der Waals surface area contributed by atoms with Crippen LogP contribution in [-0.2, 0) is 0 Å². The summed E-state index contributed by atoms with van der Waals surface area (Å²) in [6, 6.07) is 6.73. The van der Waals surface area contributed by atoms with Crippen molar-refractivity contribution in [3.8, 4) is 0 Å². The molecule has 17 heavy (non-hydrogen) atoms. The first-order valence-electron chi connectivity index (χ1n) is 5.85. The number of nitrogens with two attached hydrogens (primary N) is 1. The van der Waals surface area contributed by atoms with Crippen LogP contribution in [0.5, 0.6) is 0 Å². The summed E-state index contributed by atoms with van der Waals surface area (Å²) in [4.78, 5) is 6.47. The van der Waals surface area contributed by atoms with Gasteiger partial charge in [-0.15, -0.1) is 0 Å². The second-order valence-electron chi connectivity index (χ2n) is 4.72. The summed E-state index contributed by atoms with van der Waals surface area (Å²) in [6.07, 6.45) is 0. The topological polar surface area (TPSA) is 41.6 Å². The predicted octanol–water partition coefficient (Wildman–Crippen LogP) is 2.73. The number of halogens is 1. The fourth-order valence-corrected chi connectivity index (χ4v) is 2.41. The molecule has 0 saturated carbocycles. The lowest BCUT2D eigenvalue weighted by molar-refractivity contribution is 0.290. The summed E-state index contributed by atoms with van der Waals surface area (Å²) in [5.74, 6) is 0.627. The zero-order valence-corrected chi connectivity index (χ0v) is 11.2. The van der Waals surface area contributed by atoms with Crippen LogP contribution in [0.25, 0.3) is 0 Å². The average Bonchev–Trinajstić information content (AvgIpc) is 2.64. The second-order valence-corrected chi connectivity index (χ2v) is 5.13. The Balaban J connectivity index is 2.31. The van der Waals surface area contributed by atoms with E-state index in [2.05, 4.69) is 29.8 Å². The zero-order chi connectivity index (χ0) is 12.6. The molecule has 0 amide bonds. The third kappa shape index (κ3) is 2.25. The lowest BCUT2D eigenvalue weighted by Gasteiger charge is -2.30. The van der Waals surface area contributed by atoms with Gasteiger partial charge in [0.15, 0.2) is 5.96 Å². The fourth-order valence-electron chi connectivity index (χ4n) is 2.22. The third-order valence-corrected chi connectivity index (χ3v) is 3.57. The van der Waals surface area contributed by atoms with Crippen LogP contribution in [0, 0.1) is 6.92 Å². The van der Waals surface area contributed by atoms with Gasteiger partial charge in [-0.25, -0.2) is 0 Å². The highest BCUT2D eigenvalue weighted by Gasteiger charge is 2.29. The number of guanidine groups is 1. The van der Waals surface area contributed by atoms with Crippen molar-refractivity contribution in [2.24, 2.45) is 10.7 Å². The van der Waals surface area contributed by atoms with Gasteiger partial charge in [-0.05, 0) is 38.0 Å². The molecular formula is C13H18ClN3. The molecule has 3 nitrogen and oxygen atoms in total. The summed E-state index contributed by atoms with van der Waals surface area (Å²) < 4.78 is 0. The largest absolute Gasteiger partial charge is 0.370 e. The van der Waals surface area contributed by atoms with Crippen LogP contribution in [-0.4, -0.2) is 23.4 Å². The summed E-state index contributed by atoms with van der Waals surface area (Å²) in [5.41, 5.74) is 8.19. The number of hydrogen-bond acceptors (Lipinski definition) is 3. The van der Waals surface area contributed by atoms with Crippen molar-refractivity contribution < 1.29 is 0 Å². The first-order valence-corrected chi connectivity index (χ1v) is 6.23. The molecule has 4 heteroatoms. The van der Waals surface area contributed by atoms with E-state index < -0.39 is 0 Å². The Kier molecular flexibility index (Phi) is 3.29. The predicted molar refractivity (Wildman–Crippen MR) is 72.4 cm³/mol. The number of hydrogen-bond donors (Lipinski definition) is 1. The van der Waals surface area contributed by atoms with E-state index in [0.717, 1.165) is 10.6 Å². The zero-order valence-electron chi connectivity index (χ0n) is 10.4. The molecule has 0 aromatic heterocycles. The maximum Gasteiger partial charge on any atom is 0.192 e. The van der Waals surface area contributed by atoms with E-state index in [1.807, 2.05) is 19.1 Å². The van der Waals surface area contributed by atoms with Gasteiger partial charge >= 0.3 is 0 Å². The Bertz CT molecular complexity index is 454. The van der Waals surface area contributed by atoms with Crippen LogP contribution in [0.3, 0.4) is 0 Å². The summed E-state index contributed by atoms with van der Waals surface area (Å²) in [7, 11) is 0. The summed E-state index contributed by atoms with van der Waals surface area (Å²) >= 11 is 6.17. The molecular weight excluding hydrogens is 234 g/mol. The smallest absolute Gasteiger partial charge is 0.192 e. The lowest BCUT2D eigenvalue weighted by Crippen LogP contribution is -2.40. The number of nitrogens with zero attached hydrogens (tertiary/aromatic N) is 2. The monoisotopic (exact) mass is 251 g/mol. The van der Waals surface area contributed by atoms with Gasteiger partial charge in [-0.3, -0.25) is 4.99 Å². The Morgan fingerprint density at radius 1 is 1.47 bits per heavy atom. The van der Waals surface area contributed by atoms with Crippen molar-refractivity contribution in [2.45, 2.75) is 32.9 Å². The first-order chi connectivity index (χ1) is 8.00. The Labute approximate surface area is 107 Å². The lowest BCUT2D eigenvalue weighted by atomic mass is 10.0. The summed E-state index contributed by atoms with van der Waals surface area (Å²) in [5, 5.41) is 0.802. The molecule has 0 bridgehead atoms. The maximum absolute atomic E-state index is 6.17. The van der Waals surface area contributed by atoms with Crippen LogP contribution >= 0.6 is 11.6 Å². The molecule has 92 valence electrons. The van der Waals surface area contributed by atoms with E-state index in [4.69, 9.17) is 17.3 Å². The normalized spacial score (nSPS) is 19.9. The minimum absolute atomic E-state index is 0.216. The van der Waals surface area contributed by atoms with E-state index in [1.165, 1.54) is 5.56 Å². The summed E-state index contributed by atoms with van der Waals surface area (Å²) in [6.45, 7) is 6.96. The number of aliphatic imine (C=N–C) groups is 1. The minimum atomic E-state index is 0.216. The van der Waals surface area contributed by atoms with E-state index >= 15 is 0 Å². The molecule has 1 aromatic carbocycles. The van der Waals surface area contributed by atoms with Gasteiger partial charge < -0.3 is 10.6 Å². The van der Waals surface area contributed by atoms with Crippen molar-refractivity contribution in [2.75, 3.05) is 6.54 Å². The van der Waals surface area contributed by atoms with Crippen molar-refractivity contribution in [1.82, 2.24) is 4.90 Å². The number of rotatable bonds is 2. The molecule has 0 saturated heterocycles. The molecule has 1 aliphatic rings. The fraction of sp³-hybridized carbons (Fsp3) is 0.462. The van der Waals surface area contributed by atoms with E-state index in [9.17, 15) is 0 Å². The average molecular weight is 252 g/mol. The van der Waals surface area contributed by atoms with Gasteiger partial charge in [0.05, 0.1) is 12.6 Å². The Hall–Kier alpha value is -1.22. The van der Waals surface area contributed by atoms with Gasteiger partial charge in [0.1, 0.15) is 0 Å². The minimum Gasteiger partial charge on any atom is -0.370 e. The van der Waals surface area contributed by atoms with Crippen molar-refractivity contribution in [3.05, 3.63) is 34.3 Å². The number of benzene rings is 1. The van der Waals surface area contributed by atoms with Gasteiger partial charge in [-0.1, -0.05) is 23.7 Å². The van der Waals surface area contributed by atoms with E-state index in [-0.39, 0.29) is 6.04 Å². The number of aryl methyl sites for hydroxylation is 1. The van der Waals surface area contributed by atoms with Crippen LogP contribution in [0.15, 0.2) is 23.2 Å². The first kappa shape index (κ1) is 12.2.